The summed E-state index contributed by atoms with van der Waals surface area (Å²) in [6, 6.07) is 0. The summed E-state index contributed by atoms with van der Waals surface area (Å²) in [7, 11) is 0. The van der Waals surface area contributed by atoms with E-state index in [9.17, 15) is 24.0 Å². The Kier molecular flexibility index (Phi) is 16.9. The van der Waals surface area contributed by atoms with Crippen LogP contribution in [-0.4, -0.2) is 61.8 Å². The van der Waals surface area contributed by atoms with Gasteiger partial charge in [-0.15, -0.1) is 11.6 Å². The molecule has 0 saturated carbocycles. The van der Waals surface area contributed by atoms with Crippen molar-refractivity contribution < 1.29 is 33.4 Å². The molecule has 0 heterocycles. The Morgan fingerprint density at radius 2 is 1.19 bits per heavy atom. The van der Waals surface area contributed by atoms with Crippen molar-refractivity contribution in [1.82, 2.24) is 10.6 Å². The molecule has 14 heteroatoms. The Morgan fingerprint density at radius 3 is 1.59 bits per heavy atom. The molecule has 0 aliphatic heterocycles. The predicted molar refractivity (Wildman–Crippen MR) is 165 cm³/mol. The fraction of sp³-hybridized carbons (Fsp3) is 0.522. The van der Waals surface area contributed by atoms with Gasteiger partial charge >= 0.3 is 11.9 Å². The van der Waals surface area contributed by atoms with Gasteiger partial charge < -0.3 is 25.4 Å². The lowest BCUT2D eigenvalue weighted by atomic mass is 10.1. The van der Waals surface area contributed by atoms with E-state index in [-0.39, 0.29) is 49.8 Å². The second-order valence-electron chi connectivity index (χ2n) is 7.66. The number of carbonyl (C=O) groups is 5. The van der Waals surface area contributed by atoms with Crippen LogP contribution in [0.5, 0.6) is 0 Å². The Balaban J connectivity index is 3.21. The van der Waals surface area contributed by atoms with Crippen LogP contribution in [0.15, 0.2) is 0 Å². The smallest absolute Gasteiger partial charge is 0.302 e. The van der Waals surface area contributed by atoms with E-state index in [4.69, 9.17) is 21.1 Å². The SMILES string of the molecule is CC(=O)OCCCNC(=O)c1c(I)c(NC(=O)CCCCCl)c(I)c(C(=O)NCCCOC(C)=O)c1I. The summed E-state index contributed by atoms with van der Waals surface area (Å²) >= 11 is 11.6. The number of unbranched alkanes of at least 4 members (excludes halogenated alkanes) is 1. The van der Waals surface area contributed by atoms with Gasteiger partial charge in [-0.1, -0.05) is 0 Å². The van der Waals surface area contributed by atoms with Crippen molar-refractivity contribution in [2.75, 3.05) is 37.5 Å². The number of halogens is 4. The van der Waals surface area contributed by atoms with E-state index in [1.807, 2.05) is 67.8 Å². The number of esters is 2. The lowest BCUT2D eigenvalue weighted by Crippen LogP contribution is -2.32. The van der Waals surface area contributed by atoms with E-state index in [0.717, 1.165) is 0 Å². The van der Waals surface area contributed by atoms with Crippen LogP contribution in [0.4, 0.5) is 5.69 Å². The summed E-state index contributed by atoms with van der Waals surface area (Å²) in [6.45, 7) is 3.46. The third-order valence-corrected chi connectivity index (χ3v) is 8.15. The minimum absolute atomic E-state index is 0.168. The number of ether oxygens (including phenoxy) is 2. The van der Waals surface area contributed by atoms with Crippen molar-refractivity contribution in [2.24, 2.45) is 0 Å². The number of benzene rings is 1. The first-order valence-electron chi connectivity index (χ1n) is 11.4. The highest BCUT2D eigenvalue weighted by molar-refractivity contribution is 14.1. The lowest BCUT2D eigenvalue weighted by molar-refractivity contribution is -0.141. The number of alkyl halides is 1. The Hall–Kier alpha value is -0.950. The molecule has 0 fully saturated rings. The topological polar surface area (TPSA) is 140 Å². The van der Waals surface area contributed by atoms with E-state index in [1.54, 1.807) is 0 Å². The maximum Gasteiger partial charge on any atom is 0.302 e. The van der Waals surface area contributed by atoms with Crippen molar-refractivity contribution in [2.45, 2.75) is 46.0 Å². The van der Waals surface area contributed by atoms with Gasteiger partial charge in [0.15, 0.2) is 0 Å². The van der Waals surface area contributed by atoms with Gasteiger partial charge in [0, 0.05) is 42.8 Å². The van der Waals surface area contributed by atoms with Gasteiger partial charge in [-0.05, 0) is 93.5 Å². The first kappa shape index (κ1) is 34.1. The summed E-state index contributed by atoms with van der Waals surface area (Å²) in [5.41, 5.74) is 0.901. The molecule has 0 aromatic heterocycles. The van der Waals surface area contributed by atoms with Gasteiger partial charge in [0.05, 0.1) is 37.2 Å². The maximum atomic E-state index is 13.1. The van der Waals surface area contributed by atoms with Gasteiger partial charge in [0.2, 0.25) is 5.91 Å². The van der Waals surface area contributed by atoms with Crippen molar-refractivity contribution in [3.05, 3.63) is 21.8 Å². The first-order chi connectivity index (χ1) is 17.5. The van der Waals surface area contributed by atoms with Crippen LogP contribution in [0, 0.1) is 10.7 Å². The highest BCUT2D eigenvalue weighted by Crippen LogP contribution is 2.36. The van der Waals surface area contributed by atoms with Crippen LogP contribution in [0.25, 0.3) is 0 Å². The molecule has 3 amide bonds. The van der Waals surface area contributed by atoms with Crippen molar-refractivity contribution in [3.63, 3.8) is 0 Å². The first-order valence-corrected chi connectivity index (χ1v) is 15.2. The molecule has 10 nitrogen and oxygen atoms in total. The van der Waals surface area contributed by atoms with E-state index in [0.29, 0.717) is 48.0 Å². The fourth-order valence-corrected chi connectivity index (χ4v) is 7.52. The van der Waals surface area contributed by atoms with Gasteiger partial charge in [-0.3, -0.25) is 24.0 Å². The molecule has 206 valence electrons. The molecule has 3 N–H and O–H groups in total. The molecule has 0 spiro atoms. The van der Waals surface area contributed by atoms with E-state index in [1.165, 1.54) is 13.8 Å². The number of carbonyl (C=O) groups excluding carboxylic acids is 5. The largest absolute Gasteiger partial charge is 0.466 e. The molecule has 0 unspecified atom stereocenters. The number of rotatable bonds is 15. The zero-order valence-corrected chi connectivity index (χ0v) is 27.7. The van der Waals surface area contributed by atoms with Crippen LogP contribution in [0.2, 0.25) is 0 Å². The third-order valence-electron chi connectivity index (χ3n) is 4.65. The summed E-state index contributed by atoms with van der Waals surface area (Å²) in [4.78, 5) is 60.7. The molecule has 0 aliphatic carbocycles. The molecule has 0 atom stereocenters. The third kappa shape index (κ3) is 12.2. The Morgan fingerprint density at radius 1 is 0.730 bits per heavy atom. The average molecular weight is 876 g/mol. The molecule has 1 aromatic rings. The van der Waals surface area contributed by atoms with Crippen LogP contribution in [0.3, 0.4) is 0 Å². The van der Waals surface area contributed by atoms with Crippen molar-refractivity contribution in [3.8, 4) is 0 Å². The molecular formula is C23H29ClI3N3O7. The predicted octanol–water partition coefficient (Wildman–Crippen LogP) is 4.21. The van der Waals surface area contributed by atoms with Crippen molar-refractivity contribution >= 4 is 115 Å². The Bertz CT molecular complexity index is 945. The highest BCUT2D eigenvalue weighted by atomic mass is 127. The fourth-order valence-electron chi connectivity index (χ4n) is 2.91. The lowest BCUT2D eigenvalue weighted by Gasteiger charge is -2.19. The summed E-state index contributed by atoms with van der Waals surface area (Å²) in [6.07, 6.45) is 2.39. The summed E-state index contributed by atoms with van der Waals surface area (Å²) in [5.74, 6) is -1.44. The van der Waals surface area contributed by atoms with E-state index in [2.05, 4.69) is 16.0 Å². The number of nitrogens with one attached hydrogen (secondary N) is 3. The minimum atomic E-state index is -0.422. The molecule has 0 saturated heterocycles. The van der Waals surface area contributed by atoms with Gasteiger partial charge in [0.25, 0.3) is 11.8 Å². The number of hydrogen-bond acceptors (Lipinski definition) is 7. The zero-order chi connectivity index (χ0) is 28.0. The van der Waals surface area contributed by atoms with Crippen LogP contribution in [0.1, 0.15) is 66.7 Å². The molecule has 37 heavy (non-hydrogen) atoms. The van der Waals surface area contributed by atoms with Gasteiger partial charge in [0.1, 0.15) is 0 Å². The average Bonchev–Trinajstić information content (AvgIpc) is 2.81. The van der Waals surface area contributed by atoms with Crippen LogP contribution < -0.4 is 16.0 Å². The van der Waals surface area contributed by atoms with E-state index < -0.39 is 23.8 Å². The number of hydrogen-bond donors (Lipinski definition) is 3. The minimum Gasteiger partial charge on any atom is -0.466 e. The van der Waals surface area contributed by atoms with Crippen LogP contribution >= 0.6 is 79.4 Å². The number of amides is 3. The number of anilines is 1. The highest BCUT2D eigenvalue weighted by Gasteiger charge is 2.28. The van der Waals surface area contributed by atoms with Crippen LogP contribution in [-0.2, 0) is 23.9 Å². The standard InChI is InChI=1S/C23H29ClI3N3O7/c1-13(31)36-11-5-9-28-22(34)16-18(25)17(23(35)29-10-6-12-37-14(2)32)20(27)21(19(16)26)30-15(33)7-3-4-8-24/h3-12H2,1-2H3,(H,28,34)(H,29,35)(H,30,33). The Labute approximate surface area is 261 Å². The van der Waals surface area contributed by atoms with Gasteiger partial charge in [-0.2, -0.15) is 0 Å². The molecule has 0 radical (unpaired) electrons. The summed E-state index contributed by atoms with van der Waals surface area (Å²) < 4.78 is 11.2. The molecule has 0 bridgehead atoms. The normalized spacial score (nSPS) is 10.4. The van der Waals surface area contributed by atoms with Gasteiger partial charge in [-0.25, -0.2) is 0 Å². The second-order valence-corrected chi connectivity index (χ2v) is 11.3. The van der Waals surface area contributed by atoms with E-state index >= 15 is 0 Å². The molecule has 0 aliphatic rings. The zero-order valence-electron chi connectivity index (χ0n) is 20.4. The quantitative estimate of drug-likeness (QED) is 0.104. The maximum absolute atomic E-state index is 13.1. The molecule has 1 rings (SSSR count). The molecule has 1 aromatic carbocycles. The molecular weight excluding hydrogens is 846 g/mol. The monoisotopic (exact) mass is 875 g/mol. The second kappa shape index (κ2) is 18.4. The summed E-state index contributed by atoms with van der Waals surface area (Å²) in [5, 5.41) is 8.42. The van der Waals surface area contributed by atoms with Crippen molar-refractivity contribution in [1.29, 1.82) is 0 Å².